The zero-order valence-corrected chi connectivity index (χ0v) is 19.4. The van der Waals surface area contributed by atoms with E-state index in [4.69, 9.17) is 0 Å². The molecule has 1 fully saturated rings. The molecule has 0 saturated heterocycles. The highest BCUT2D eigenvalue weighted by atomic mass is 32.1. The minimum atomic E-state index is -0.795. The van der Waals surface area contributed by atoms with E-state index in [2.05, 4.69) is 20.6 Å². The molecular formula is C23H26FN5O3S. The molecule has 2 N–H and O–H groups in total. The van der Waals surface area contributed by atoms with Crippen molar-refractivity contribution in [1.29, 1.82) is 0 Å². The number of nitrogens with one attached hydrogen (secondary N) is 1. The molecule has 2 unspecified atom stereocenters. The van der Waals surface area contributed by atoms with Gasteiger partial charge >= 0.3 is 5.97 Å². The molecule has 2 heterocycles. The quantitative estimate of drug-likeness (QED) is 0.540. The molecule has 1 aliphatic rings. The standard InChI is InChI=1S/C23H26FN5O3S/c1-13-14(2)33-21(26-13)8-9-25-22(30)15-6-7-18(19(24)11-15)20-12-29(28-27-20)17-5-3-4-16(10-17)23(31)32/h6-7,11-12,16-17H,3-5,8-10H2,1-2H3,(H,25,30)(H,31,32). The van der Waals surface area contributed by atoms with Crippen molar-refractivity contribution in [3.05, 3.63) is 51.4 Å². The lowest BCUT2D eigenvalue weighted by molar-refractivity contribution is -0.143. The van der Waals surface area contributed by atoms with Crippen molar-refractivity contribution in [2.45, 2.75) is 52.0 Å². The molecule has 3 aromatic rings. The maximum atomic E-state index is 14.8. The molecule has 0 radical (unpaired) electrons. The first-order chi connectivity index (χ1) is 15.8. The van der Waals surface area contributed by atoms with Crippen molar-refractivity contribution in [1.82, 2.24) is 25.3 Å². The number of aliphatic carboxylic acids is 1. The number of rotatable bonds is 7. The van der Waals surface area contributed by atoms with E-state index in [9.17, 15) is 19.1 Å². The largest absolute Gasteiger partial charge is 0.481 e. The van der Waals surface area contributed by atoms with E-state index in [1.54, 1.807) is 28.3 Å². The normalized spacial score (nSPS) is 18.3. The molecule has 1 amide bonds. The van der Waals surface area contributed by atoms with Crippen LogP contribution in [0.4, 0.5) is 4.39 Å². The Hall–Kier alpha value is -3.14. The first-order valence-electron chi connectivity index (χ1n) is 11.0. The molecule has 1 aromatic carbocycles. The van der Waals surface area contributed by atoms with Crippen molar-refractivity contribution in [2.24, 2.45) is 5.92 Å². The van der Waals surface area contributed by atoms with Crippen LogP contribution in [0.5, 0.6) is 0 Å². The van der Waals surface area contributed by atoms with E-state index >= 15 is 0 Å². The Morgan fingerprint density at radius 2 is 2.12 bits per heavy atom. The molecular weight excluding hydrogens is 445 g/mol. The Labute approximate surface area is 194 Å². The molecule has 8 nitrogen and oxygen atoms in total. The van der Waals surface area contributed by atoms with Gasteiger partial charge in [0, 0.05) is 29.0 Å². The summed E-state index contributed by atoms with van der Waals surface area (Å²) in [4.78, 5) is 29.4. The van der Waals surface area contributed by atoms with Gasteiger partial charge in [0.1, 0.15) is 11.5 Å². The summed E-state index contributed by atoms with van der Waals surface area (Å²) >= 11 is 1.61. The molecule has 4 rings (SSSR count). The van der Waals surface area contributed by atoms with Gasteiger partial charge in [0.25, 0.3) is 5.91 Å². The van der Waals surface area contributed by atoms with E-state index in [0.29, 0.717) is 31.5 Å². The first-order valence-corrected chi connectivity index (χ1v) is 11.8. The van der Waals surface area contributed by atoms with Crippen LogP contribution in [0.25, 0.3) is 11.3 Å². The lowest BCUT2D eigenvalue weighted by Crippen LogP contribution is -2.25. The number of aryl methyl sites for hydroxylation is 2. The van der Waals surface area contributed by atoms with Gasteiger partial charge in [-0.2, -0.15) is 0 Å². The number of halogens is 1. The van der Waals surface area contributed by atoms with Crippen LogP contribution in [0.15, 0.2) is 24.4 Å². The van der Waals surface area contributed by atoms with Crippen molar-refractivity contribution in [2.75, 3.05) is 6.54 Å². The number of aromatic nitrogens is 4. The predicted molar refractivity (Wildman–Crippen MR) is 122 cm³/mol. The smallest absolute Gasteiger partial charge is 0.306 e. The molecule has 2 aromatic heterocycles. The highest BCUT2D eigenvalue weighted by molar-refractivity contribution is 7.11. The third kappa shape index (κ3) is 5.27. The van der Waals surface area contributed by atoms with Crippen LogP contribution in [0.3, 0.4) is 0 Å². The van der Waals surface area contributed by atoms with Gasteiger partial charge in [-0.3, -0.25) is 9.59 Å². The molecule has 2 atom stereocenters. The maximum absolute atomic E-state index is 14.8. The van der Waals surface area contributed by atoms with Gasteiger partial charge in [-0.15, -0.1) is 16.4 Å². The van der Waals surface area contributed by atoms with E-state index < -0.39 is 17.7 Å². The minimum Gasteiger partial charge on any atom is -0.481 e. The zero-order valence-electron chi connectivity index (χ0n) is 18.5. The Morgan fingerprint density at radius 1 is 1.30 bits per heavy atom. The number of nitrogens with zero attached hydrogens (tertiary/aromatic N) is 4. The second-order valence-corrected chi connectivity index (χ2v) is 9.68. The zero-order chi connectivity index (χ0) is 23.5. The highest BCUT2D eigenvalue weighted by Crippen LogP contribution is 2.33. The van der Waals surface area contributed by atoms with Crippen LogP contribution in [-0.4, -0.2) is 43.5 Å². The molecule has 174 valence electrons. The first kappa shape index (κ1) is 23.0. The summed E-state index contributed by atoms with van der Waals surface area (Å²) in [5.74, 6) is -2.10. The van der Waals surface area contributed by atoms with Gasteiger partial charge in [0.2, 0.25) is 0 Å². The van der Waals surface area contributed by atoms with Crippen LogP contribution >= 0.6 is 11.3 Å². The van der Waals surface area contributed by atoms with Crippen molar-refractivity contribution in [3.63, 3.8) is 0 Å². The van der Waals surface area contributed by atoms with Crippen LogP contribution < -0.4 is 5.32 Å². The fourth-order valence-corrected chi connectivity index (χ4v) is 5.04. The Morgan fingerprint density at radius 3 is 2.82 bits per heavy atom. The van der Waals surface area contributed by atoms with Crippen LogP contribution in [0, 0.1) is 25.6 Å². The summed E-state index contributed by atoms with van der Waals surface area (Å²) in [5, 5.41) is 21.2. The third-order valence-corrected chi connectivity index (χ3v) is 7.22. The second-order valence-electron chi connectivity index (χ2n) is 8.39. The fraction of sp³-hybridized carbons (Fsp3) is 0.435. The lowest BCUT2D eigenvalue weighted by atomic mass is 9.86. The summed E-state index contributed by atoms with van der Waals surface area (Å²) in [6.45, 7) is 4.39. The van der Waals surface area contributed by atoms with Gasteiger partial charge in [-0.25, -0.2) is 14.1 Å². The number of hydrogen-bond acceptors (Lipinski definition) is 6. The third-order valence-electron chi connectivity index (χ3n) is 6.08. The monoisotopic (exact) mass is 471 g/mol. The Bertz CT molecular complexity index is 1160. The van der Waals surface area contributed by atoms with E-state index in [0.717, 1.165) is 28.4 Å². The lowest BCUT2D eigenvalue weighted by Gasteiger charge is -2.26. The molecule has 0 spiro atoms. The number of thiazole rings is 1. The second kappa shape index (κ2) is 9.78. The number of carbonyl (C=O) groups excluding carboxylic acids is 1. The van der Waals surface area contributed by atoms with Crippen molar-refractivity contribution >= 4 is 23.2 Å². The van der Waals surface area contributed by atoms with Crippen LogP contribution in [0.1, 0.15) is 57.7 Å². The molecule has 1 saturated carbocycles. The number of carboxylic acid groups (broad SMARTS) is 1. The van der Waals surface area contributed by atoms with Gasteiger partial charge < -0.3 is 10.4 Å². The number of benzene rings is 1. The topological polar surface area (TPSA) is 110 Å². The van der Waals surface area contributed by atoms with Crippen LogP contribution in [0.2, 0.25) is 0 Å². The molecule has 1 aliphatic carbocycles. The van der Waals surface area contributed by atoms with E-state index in [1.165, 1.54) is 12.1 Å². The number of carbonyl (C=O) groups is 2. The summed E-state index contributed by atoms with van der Waals surface area (Å²) in [5.41, 5.74) is 1.83. The van der Waals surface area contributed by atoms with Crippen LogP contribution in [-0.2, 0) is 11.2 Å². The molecule has 33 heavy (non-hydrogen) atoms. The molecule has 10 heteroatoms. The van der Waals surface area contributed by atoms with Gasteiger partial charge in [-0.05, 0) is 51.3 Å². The molecule has 0 bridgehead atoms. The Balaban J connectivity index is 1.39. The van der Waals surface area contributed by atoms with Gasteiger partial charge in [0.15, 0.2) is 0 Å². The number of hydrogen-bond donors (Lipinski definition) is 2. The van der Waals surface area contributed by atoms with Crippen molar-refractivity contribution < 1.29 is 19.1 Å². The summed E-state index contributed by atoms with van der Waals surface area (Å²) in [6.07, 6.45) is 5.03. The van der Waals surface area contributed by atoms with E-state index in [1.807, 2.05) is 13.8 Å². The van der Waals surface area contributed by atoms with Gasteiger partial charge in [-0.1, -0.05) is 11.6 Å². The summed E-state index contributed by atoms with van der Waals surface area (Å²) < 4.78 is 16.4. The number of amides is 1. The summed E-state index contributed by atoms with van der Waals surface area (Å²) in [6, 6.07) is 4.21. The Kier molecular flexibility index (Phi) is 6.83. The highest BCUT2D eigenvalue weighted by Gasteiger charge is 2.29. The molecule has 0 aliphatic heterocycles. The number of carboxylic acids is 1. The summed E-state index contributed by atoms with van der Waals surface area (Å²) in [7, 11) is 0. The average Bonchev–Trinajstić information content (AvgIpc) is 3.40. The van der Waals surface area contributed by atoms with Gasteiger partial charge in [0.05, 0.1) is 28.9 Å². The maximum Gasteiger partial charge on any atom is 0.306 e. The van der Waals surface area contributed by atoms with E-state index in [-0.39, 0.29) is 23.1 Å². The average molecular weight is 472 g/mol. The predicted octanol–water partition coefficient (Wildman–Crippen LogP) is 3.95. The van der Waals surface area contributed by atoms with Crippen molar-refractivity contribution in [3.8, 4) is 11.3 Å². The SMILES string of the molecule is Cc1nc(CCNC(=O)c2ccc(-c3cn(C4CCCC(C(=O)O)C4)nn3)c(F)c2)sc1C. The fourth-order valence-electron chi connectivity index (χ4n) is 4.10. The minimum absolute atomic E-state index is 0.0698.